The number of methoxy groups -OCH3 is 3. The zero-order valence-electron chi connectivity index (χ0n) is 17.0. The second-order valence-corrected chi connectivity index (χ2v) is 7.45. The van der Waals surface area contributed by atoms with Crippen molar-refractivity contribution in [1.82, 2.24) is 4.57 Å². The van der Waals surface area contributed by atoms with Gasteiger partial charge in [0.05, 0.1) is 33.3 Å². The van der Waals surface area contributed by atoms with Gasteiger partial charge < -0.3 is 23.5 Å². The van der Waals surface area contributed by atoms with Gasteiger partial charge in [0.25, 0.3) is 5.56 Å². The lowest BCUT2D eigenvalue weighted by atomic mass is 9.85. The van der Waals surface area contributed by atoms with Crippen molar-refractivity contribution in [2.45, 2.75) is 25.3 Å². The van der Waals surface area contributed by atoms with Crippen LogP contribution < -0.4 is 24.5 Å². The molecule has 0 fully saturated rings. The minimum Gasteiger partial charge on any atom is -0.493 e. The maximum Gasteiger partial charge on any atom is 0.312 e. The molecule has 7 nitrogen and oxygen atoms in total. The molecule has 3 aromatic rings. The molecule has 0 spiro atoms. The summed E-state index contributed by atoms with van der Waals surface area (Å²) in [4.78, 5) is 25.9. The normalized spacial score (nSPS) is 16.9. The van der Waals surface area contributed by atoms with Gasteiger partial charge in [-0.3, -0.25) is 9.59 Å². The van der Waals surface area contributed by atoms with Crippen molar-refractivity contribution in [2.24, 2.45) is 0 Å². The lowest BCUT2D eigenvalue weighted by Crippen LogP contribution is -2.29. The maximum atomic E-state index is 13.5. The number of aryl methyl sites for hydroxylation is 2. The van der Waals surface area contributed by atoms with Crippen molar-refractivity contribution in [2.75, 3.05) is 21.3 Å². The van der Waals surface area contributed by atoms with Crippen LogP contribution in [0.2, 0.25) is 0 Å². The molecular formula is C23H21NO6. The van der Waals surface area contributed by atoms with Crippen LogP contribution in [0.15, 0.2) is 35.1 Å². The number of rotatable bonds is 4. The molecule has 5 rings (SSSR count). The Morgan fingerprint density at radius 2 is 1.83 bits per heavy atom. The Hall–Kier alpha value is -3.48. The molecule has 0 aliphatic carbocycles. The molecule has 0 saturated heterocycles. The third kappa shape index (κ3) is 2.51. The van der Waals surface area contributed by atoms with Gasteiger partial charge in [-0.05, 0) is 23.4 Å². The molecule has 0 amide bonds. The van der Waals surface area contributed by atoms with E-state index < -0.39 is 11.9 Å². The highest BCUT2D eigenvalue weighted by atomic mass is 16.5. The molecule has 0 N–H and O–H groups in total. The first-order valence-corrected chi connectivity index (χ1v) is 9.76. The zero-order valence-corrected chi connectivity index (χ0v) is 17.0. The minimum absolute atomic E-state index is 0.0410. The van der Waals surface area contributed by atoms with Crippen LogP contribution in [0.25, 0.3) is 10.9 Å². The average Bonchev–Trinajstić information content (AvgIpc) is 3.19. The van der Waals surface area contributed by atoms with E-state index in [1.165, 1.54) is 26.9 Å². The summed E-state index contributed by atoms with van der Waals surface area (Å²) in [5, 5.41) is 0.986. The summed E-state index contributed by atoms with van der Waals surface area (Å²) in [6, 6.07) is 9.55. The summed E-state index contributed by atoms with van der Waals surface area (Å²) >= 11 is 0. The number of hydrogen-bond donors (Lipinski definition) is 0. The molecule has 2 aromatic carbocycles. The van der Waals surface area contributed by atoms with E-state index in [1.807, 2.05) is 22.8 Å². The summed E-state index contributed by atoms with van der Waals surface area (Å²) in [6.07, 6.45) is 0.868. The van der Waals surface area contributed by atoms with Crippen molar-refractivity contribution < 1.29 is 23.7 Å². The molecule has 154 valence electrons. The number of esters is 1. The van der Waals surface area contributed by atoms with Crippen LogP contribution in [-0.4, -0.2) is 31.9 Å². The summed E-state index contributed by atoms with van der Waals surface area (Å²) in [5.74, 6) is 0.589. The molecule has 30 heavy (non-hydrogen) atoms. The van der Waals surface area contributed by atoms with Crippen LogP contribution in [0.3, 0.4) is 0 Å². The van der Waals surface area contributed by atoms with Gasteiger partial charge in [0.15, 0.2) is 11.5 Å². The quantitative estimate of drug-likeness (QED) is 0.489. The van der Waals surface area contributed by atoms with Crippen LogP contribution >= 0.6 is 0 Å². The second-order valence-electron chi connectivity index (χ2n) is 7.45. The fraction of sp³-hybridized carbons (Fsp3) is 0.304. The highest BCUT2D eigenvalue weighted by molar-refractivity contribution is 5.86. The molecule has 1 aromatic heterocycles. The van der Waals surface area contributed by atoms with Crippen LogP contribution in [0, 0.1) is 0 Å². The van der Waals surface area contributed by atoms with E-state index in [1.54, 1.807) is 6.07 Å². The maximum absolute atomic E-state index is 13.5. The predicted octanol–water partition coefficient (Wildman–Crippen LogP) is 3.02. The summed E-state index contributed by atoms with van der Waals surface area (Å²) in [5.41, 5.74) is 3.22. The number of hydrogen-bond acceptors (Lipinski definition) is 6. The molecule has 2 aliphatic heterocycles. The topological polar surface area (TPSA) is 76.0 Å². The minimum atomic E-state index is -0.513. The first-order chi connectivity index (χ1) is 14.6. The molecule has 0 unspecified atom stereocenters. The molecule has 3 heterocycles. The second kappa shape index (κ2) is 6.79. The third-order valence-corrected chi connectivity index (χ3v) is 5.98. The van der Waals surface area contributed by atoms with Gasteiger partial charge in [-0.25, -0.2) is 0 Å². The largest absolute Gasteiger partial charge is 0.493 e. The van der Waals surface area contributed by atoms with E-state index in [9.17, 15) is 9.59 Å². The first-order valence-electron chi connectivity index (χ1n) is 9.76. The van der Waals surface area contributed by atoms with Crippen molar-refractivity contribution in [3.63, 3.8) is 0 Å². The van der Waals surface area contributed by atoms with E-state index in [2.05, 4.69) is 6.07 Å². The van der Waals surface area contributed by atoms with Gasteiger partial charge in [-0.1, -0.05) is 18.2 Å². The van der Waals surface area contributed by atoms with Crippen molar-refractivity contribution >= 4 is 16.9 Å². The van der Waals surface area contributed by atoms with E-state index >= 15 is 0 Å². The van der Waals surface area contributed by atoms with E-state index in [-0.39, 0.29) is 12.0 Å². The third-order valence-electron chi connectivity index (χ3n) is 5.98. The summed E-state index contributed by atoms with van der Waals surface area (Å²) in [7, 11) is 4.54. The Morgan fingerprint density at radius 3 is 2.57 bits per heavy atom. The number of carbonyl (C=O) groups is 1. The Morgan fingerprint density at radius 1 is 1.03 bits per heavy atom. The van der Waals surface area contributed by atoms with Gasteiger partial charge in [0.2, 0.25) is 5.75 Å². The summed E-state index contributed by atoms with van der Waals surface area (Å²) < 4.78 is 23.9. The van der Waals surface area contributed by atoms with E-state index in [4.69, 9.17) is 18.9 Å². The van der Waals surface area contributed by atoms with Gasteiger partial charge in [-0.15, -0.1) is 0 Å². The highest BCUT2D eigenvalue weighted by Gasteiger charge is 2.37. The highest BCUT2D eigenvalue weighted by Crippen LogP contribution is 2.52. The van der Waals surface area contributed by atoms with Crippen molar-refractivity contribution in [1.29, 1.82) is 0 Å². The fourth-order valence-electron chi connectivity index (χ4n) is 4.71. The molecule has 7 heteroatoms. The number of nitrogens with zero attached hydrogens (tertiary/aromatic N) is 1. The number of carbonyl (C=O) groups excluding carboxylic acids is 1. The first kappa shape index (κ1) is 18.5. The molecule has 0 radical (unpaired) electrons. The molecule has 0 saturated carbocycles. The van der Waals surface area contributed by atoms with Crippen LogP contribution in [0.1, 0.15) is 29.0 Å². The smallest absolute Gasteiger partial charge is 0.312 e. The number of pyridine rings is 1. The van der Waals surface area contributed by atoms with Crippen molar-refractivity contribution in [3.8, 4) is 23.0 Å². The standard InChI is InChI=1S/C23H21NO6/c1-27-17-11-16-19(22(29-3)21(17)28-2)14(10-18(25)30-16)15-9-13-6-4-5-12-7-8-24(20(12)13)23(15)26/h4-6,9,11,14H,7-8,10H2,1-3H3/t14-/m0/s1. The monoisotopic (exact) mass is 407 g/mol. The molecule has 2 aliphatic rings. The number of aromatic nitrogens is 1. The Bertz CT molecular complexity index is 1260. The van der Waals surface area contributed by atoms with Crippen LogP contribution in [-0.2, 0) is 17.8 Å². The molecule has 0 bridgehead atoms. The molecule has 1 atom stereocenters. The number of benzene rings is 2. The van der Waals surface area contributed by atoms with Gasteiger partial charge in [-0.2, -0.15) is 0 Å². The molecular weight excluding hydrogens is 386 g/mol. The lowest BCUT2D eigenvalue weighted by Gasteiger charge is -2.28. The summed E-state index contributed by atoms with van der Waals surface area (Å²) in [6.45, 7) is 0.635. The lowest BCUT2D eigenvalue weighted by molar-refractivity contribution is -0.135. The number of para-hydroxylation sites is 1. The Labute approximate surface area is 172 Å². The van der Waals surface area contributed by atoms with E-state index in [0.717, 1.165) is 17.3 Å². The van der Waals surface area contributed by atoms with Crippen molar-refractivity contribution in [3.05, 3.63) is 57.4 Å². The number of fused-ring (bicyclic) bond motifs is 1. The fourth-order valence-corrected chi connectivity index (χ4v) is 4.71. The SMILES string of the molecule is COc1cc2c(c(OC)c1OC)[C@H](c1cc3cccc4c3n(c1=O)CC4)CC(=O)O2. The predicted molar refractivity (Wildman–Crippen MR) is 110 cm³/mol. The van der Waals surface area contributed by atoms with Gasteiger partial charge in [0.1, 0.15) is 5.75 Å². The zero-order chi connectivity index (χ0) is 21.0. The van der Waals surface area contributed by atoms with Gasteiger partial charge in [0, 0.05) is 29.7 Å². The van der Waals surface area contributed by atoms with E-state index in [0.29, 0.717) is 40.7 Å². The van der Waals surface area contributed by atoms with Crippen LogP contribution in [0.5, 0.6) is 23.0 Å². The Kier molecular flexibility index (Phi) is 4.20. The van der Waals surface area contributed by atoms with Crippen LogP contribution in [0.4, 0.5) is 0 Å². The number of ether oxygens (including phenoxy) is 4. The Balaban J connectivity index is 1.80. The average molecular weight is 407 g/mol. The van der Waals surface area contributed by atoms with Gasteiger partial charge >= 0.3 is 5.97 Å².